The van der Waals surface area contributed by atoms with E-state index < -0.39 is 0 Å². The van der Waals surface area contributed by atoms with E-state index in [0.29, 0.717) is 0 Å². The van der Waals surface area contributed by atoms with Crippen molar-refractivity contribution in [2.24, 2.45) is 11.3 Å². The van der Waals surface area contributed by atoms with Crippen LogP contribution >= 0.6 is 0 Å². The Bertz CT molecular complexity index is 143. The predicted octanol–water partition coefficient (Wildman–Crippen LogP) is 1.39. The zero-order valence-corrected chi connectivity index (χ0v) is 8.43. The lowest BCUT2D eigenvalue weighted by Crippen LogP contribution is -2.35. The Balaban J connectivity index is 2.19. The third-order valence-electron chi connectivity index (χ3n) is 3.14. The lowest BCUT2D eigenvalue weighted by Gasteiger charge is -2.25. The summed E-state index contributed by atoms with van der Waals surface area (Å²) in [4.78, 5) is 0. The SMILES string of the molecule is CCC(C)(CO)CNC1CC1C. The van der Waals surface area contributed by atoms with Crippen molar-refractivity contribution in [3.8, 4) is 0 Å². The van der Waals surface area contributed by atoms with Gasteiger partial charge in [-0.1, -0.05) is 20.8 Å². The second-order valence-electron chi connectivity index (χ2n) is 4.52. The molecule has 2 N–H and O–H groups in total. The second kappa shape index (κ2) is 3.75. The van der Waals surface area contributed by atoms with Gasteiger partial charge in [-0.05, 0) is 18.8 Å². The molecule has 0 radical (unpaired) electrons. The van der Waals surface area contributed by atoms with E-state index in [1.54, 1.807) is 0 Å². The molecule has 2 heteroatoms. The quantitative estimate of drug-likeness (QED) is 0.655. The lowest BCUT2D eigenvalue weighted by molar-refractivity contribution is 0.135. The van der Waals surface area contributed by atoms with Crippen molar-refractivity contribution >= 4 is 0 Å². The van der Waals surface area contributed by atoms with Crippen molar-refractivity contribution in [3.05, 3.63) is 0 Å². The van der Waals surface area contributed by atoms with Crippen LogP contribution in [0.15, 0.2) is 0 Å². The van der Waals surface area contributed by atoms with Crippen LogP contribution < -0.4 is 5.32 Å². The number of hydrogen-bond acceptors (Lipinski definition) is 2. The molecule has 0 saturated heterocycles. The van der Waals surface area contributed by atoms with E-state index in [1.807, 2.05) is 0 Å². The largest absolute Gasteiger partial charge is 0.396 e. The van der Waals surface area contributed by atoms with Crippen LogP contribution in [0.5, 0.6) is 0 Å². The summed E-state index contributed by atoms with van der Waals surface area (Å²) in [5.74, 6) is 0.852. The third-order valence-corrected chi connectivity index (χ3v) is 3.14. The zero-order valence-electron chi connectivity index (χ0n) is 8.43. The summed E-state index contributed by atoms with van der Waals surface area (Å²) in [5, 5.41) is 12.6. The van der Waals surface area contributed by atoms with Gasteiger partial charge in [0, 0.05) is 24.6 Å². The van der Waals surface area contributed by atoms with Gasteiger partial charge in [0.25, 0.3) is 0 Å². The van der Waals surface area contributed by atoms with E-state index in [1.165, 1.54) is 6.42 Å². The minimum Gasteiger partial charge on any atom is -0.396 e. The lowest BCUT2D eigenvalue weighted by atomic mass is 9.88. The van der Waals surface area contributed by atoms with Crippen LogP contribution in [0, 0.1) is 11.3 Å². The molecule has 0 bridgehead atoms. The van der Waals surface area contributed by atoms with E-state index in [9.17, 15) is 0 Å². The Morgan fingerprint density at radius 1 is 1.58 bits per heavy atom. The molecule has 1 fully saturated rings. The third kappa shape index (κ3) is 2.46. The molecule has 0 heterocycles. The molecule has 72 valence electrons. The van der Waals surface area contributed by atoms with Crippen LogP contribution in [-0.4, -0.2) is 24.3 Å². The van der Waals surface area contributed by atoms with Crippen molar-refractivity contribution in [2.45, 2.75) is 39.7 Å². The highest BCUT2D eigenvalue weighted by molar-refractivity contribution is 4.91. The maximum atomic E-state index is 9.14. The molecular weight excluding hydrogens is 150 g/mol. The summed E-state index contributed by atoms with van der Waals surface area (Å²) >= 11 is 0. The molecule has 1 saturated carbocycles. The number of hydrogen-bond donors (Lipinski definition) is 2. The van der Waals surface area contributed by atoms with E-state index in [2.05, 4.69) is 26.1 Å². The maximum absolute atomic E-state index is 9.14. The van der Waals surface area contributed by atoms with Crippen LogP contribution in [0.25, 0.3) is 0 Å². The Hall–Kier alpha value is -0.0800. The molecule has 12 heavy (non-hydrogen) atoms. The van der Waals surface area contributed by atoms with Gasteiger partial charge >= 0.3 is 0 Å². The summed E-state index contributed by atoms with van der Waals surface area (Å²) in [7, 11) is 0. The van der Waals surface area contributed by atoms with Gasteiger partial charge in [-0.3, -0.25) is 0 Å². The number of aliphatic hydroxyl groups is 1. The molecule has 3 atom stereocenters. The van der Waals surface area contributed by atoms with Crippen LogP contribution in [0.4, 0.5) is 0 Å². The minimum absolute atomic E-state index is 0.0856. The van der Waals surface area contributed by atoms with Crippen LogP contribution in [-0.2, 0) is 0 Å². The summed E-state index contributed by atoms with van der Waals surface area (Å²) in [6.07, 6.45) is 2.35. The van der Waals surface area contributed by atoms with Gasteiger partial charge in [0.1, 0.15) is 0 Å². The Morgan fingerprint density at radius 3 is 2.50 bits per heavy atom. The van der Waals surface area contributed by atoms with E-state index in [-0.39, 0.29) is 12.0 Å². The standard InChI is InChI=1S/C10H21NO/c1-4-10(3,7-12)6-11-9-5-8(9)2/h8-9,11-12H,4-7H2,1-3H3. The molecule has 0 aromatic heterocycles. The van der Waals surface area contributed by atoms with Gasteiger partial charge in [0.15, 0.2) is 0 Å². The fraction of sp³-hybridized carbons (Fsp3) is 1.00. The molecule has 0 aliphatic heterocycles. The number of aliphatic hydroxyl groups excluding tert-OH is 1. The molecule has 1 aliphatic rings. The fourth-order valence-electron chi connectivity index (χ4n) is 1.28. The smallest absolute Gasteiger partial charge is 0.0496 e. The second-order valence-corrected chi connectivity index (χ2v) is 4.52. The average Bonchev–Trinajstić information content (AvgIpc) is 2.78. The van der Waals surface area contributed by atoms with Gasteiger partial charge in [-0.15, -0.1) is 0 Å². The van der Waals surface area contributed by atoms with Gasteiger partial charge in [-0.25, -0.2) is 0 Å². The predicted molar refractivity (Wildman–Crippen MR) is 51.1 cm³/mol. The summed E-state index contributed by atoms with van der Waals surface area (Å²) in [5.41, 5.74) is 0.0856. The van der Waals surface area contributed by atoms with Crippen molar-refractivity contribution in [2.75, 3.05) is 13.2 Å². The van der Waals surface area contributed by atoms with Crippen LogP contribution in [0.3, 0.4) is 0 Å². The molecule has 3 unspecified atom stereocenters. The zero-order chi connectivity index (χ0) is 9.19. The van der Waals surface area contributed by atoms with Crippen LogP contribution in [0.1, 0.15) is 33.6 Å². The molecule has 0 spiro atoms. The molecule has 0 aromatic carbocycles. The Morgan fingerprint density at radius 2 is 2.17 bits per heavy atom. The van der Waals surface area contributed by atoms with Crippen molar-refractivity contribution in [1.82, 2.24) is 5.32 Å². The van der Waals surface area contributed by atoms with E-state index in [4.69, 9.17) is 5.11 Å². The normalized spacial score (nSPS) is 33.0. The van der Waals surface area contributed by atoms with Crippen molar-refractivity contribution in [1.29, 1.82) is 0 Å². The van der Waals surface area contributed by atoms with Crippen LogP contribution in [0.2, 0.25) is 0 Å². The summed E-state index contributed by atoms with van der Waals surface area (Å²) in [6.45, 7) is 7.77. The fourth-order valence-corrected chi connectivity index (χ4v) is 1.28. The van der Waals surface area contributed by atoms with Gasteiger partial charge in [0.05, 0.1) is 0 Å². The molecule has 0 amide bonds. The maximum Gasteiger partial charge on any atom is 0.0496 e. The summed E-state index contributed by atoms with van der Waals surface area (Å²) in [6, 6.07) is 0.724. The molecule has 2 nitrogen and oxygen atoms in total. The van der Waals surface area contributed by atoms with E-state index >= 15 is 0 Å². The van der Waals surface area contributed by atoms with E-state index in [0.717, 1.165) is 24.9 Å². The molecular formula is C10H21NO. The molecule has 1 aliphatic carbocycles. The first-order valence-corrected chi connectivity index (χ1v) is 4.95. The first kappa shape index (κ1) is 10.0. The number of rotatable bonds is 5. The number of nitrogens with one attached hydrogen (secondary N) is 1. The highest BCUT2D eigenvalue weighted by Gasteiger charge is 2.33. The molecule has 0 aromatic rings. The van der Waals surface area contributed by atoms with Gasteiger partial charge in [0.2, 0.25) is 0 Å². The highest BCUT2D eigenvalue weighted by Crippen LogP contribution is 2.30. The van der Waals surface area contributed by atoms with Crippen molar-refractivity contribution in [3.63, 3.8) is 0 Å². The Kier molecular flexibility index (Phi) is 3.13. The topological polar surface area (TPSA) is 32.3 Å². The average molecular weight is 171 g/mol. The van der Waals surface area contributed by atoms with Crippen molar-refractivity contribution < 1.29 is 5.11 Å². The minimum atomic E-state index is 0.0856. The monoisotopic (exact) mass is 171 g/mol. The summed E-state index contributed by atoms with van der Waals surface area (Å²) < 4.78 is 0. The molecule has 1 rings (SSSR count). The van der Waals surface area contributed by atoms with Gasteiger partial charge < -0.3 is 10.4 Å². The first-order valence-electron chi connectivity index (χ1n) is 4.95. The highest BCUT2D eigenvalue weighted by atomic mass is 16.3. The first-order chi connectivity index (χ1) is 5.61. The van der Waals surface area contributed by atoms with Gasteiger partial charge in [-0.2, -0.15) is 0 Å². The Labute approximate surface area is 75.4 Å².